The second-order valence-electron chi connectivity index (χ2n) is 8.42. The lowest BCUT2D eigenvalue weighted by molar-refractivity contribution is 0.798. The number of aryl methyl sites for hydroxylation is 1. The number of aromatic nitrogens is 6. The first-order valence-electron chi connectivity index (χ1n) is 11.4. The zero-order chi connectivity index (χ0) is 24.6. The molecule has 0 atom stereocenters. The summed E-state index contributed by atoms with van der Waals surface area (Å²) in [4.78, 5) is 7.83. The van der Waals surface area contributed by atoms with E-state index < -0.39 is 0 Å². The first-order chi connectivity index (χ1) is 17.6. The van der Waals surface area contributed by atoms with Crippen LogP contribution in [0.3, 0.4) is 0 Å². The molecule has 0 saturated heterocycles. The van der Waals surface area contributed by atoms with Crippen molar-refractivity contribution >= 4 is 61.6 Å². The first-order valence-corrected chi connectivity index (χ1v) is 12.6. The third-order valence-electron chi connectivity index (χ3n) is 6.05. The van der Waals surface area contributed by atoms with Gasteiger partial charge in [0.2, 0.25) is 5.95 Å². The van der Waals surface area contributed by atoms with Crippen molar-refractivity contribution in [2.75, 3.05) is 5.32 Å². The minimum absolute atomic E-state index is 0.463. The van der Waals surface area contributed by atoms with E-state index in [1.807, 2.05) is 61.5 Å². The maximum absolute atomic E-state index is 5.65. The van der Waals surface area contributed by atoms with Crippen LogP contribution in [0, 0.1) is 11.6 Å². The number of nitrogens with zero attached hydrogens (tertiary/aromatic N) is 5. The number of nitrogens with one attached hydrogen (secondary N) is 2. The van der Waals surface area contributed by atoms with Gasteiger partial charge in [-0.15, -0.1) is 10.2 Å². The number of H-pyrrole nitrogens is 1. The fourth-order valence-electron chi connectivity index (χ4n) is 4.30. The highest BCUT2D eigenvalue weighted by molar-refractivity contribution is 9.10. The normalized spacial score (nSPS) is 11.3. The highest BCUT2D eigenvalue weighted by atomic mass is 79.9. The minimum Gasteiger partial charge on any atom is -0.326 e. The fourth-order valence-corrected chi connectivity index (χ4v) is 4.90. The van der Waals surface area contributed by atoms with Gasteiger partial charge in [0, 0.05) is 27.4 Å². The number of halogens is 1. The molecule has 9 heteroatoms. The molecule has 2 N–H and O–H groups in total. The Labute approximate surface area is 220 Å². The van der Waals surface area contributed by atoms with Crippen LogP contribution in [0.5, 0.6) is 0 Å². The van der Waals surface area contributed by atoms with Gasteiger partial charge < -0.3 is 10.3 Å². The van der Waals surface area contributed by atoms with Gasteiger partial charge in [-0.2, -0.15) is 5.10 Å². The molecule has 0 aliphatic heterocycles. The Hall–Kier alpha value is -3.95. The number of hydrogen-bond donors (Lipinski definition) is 2. The number of benzene rings is 3. The van der Waals surface area contributed by atoms with Gasteiger partial charge in [0.25, 0.3) is 0 Å². The Morgan fingerprint density at radius 3 is 2.42 bits per heavy atom. The highest BCUT2D eigenvalue weighted by Crippen LogP contribution is 2.28. The quantitative estimate of drug-likeness (QED) is 0.228. The van der Waals surface area contributed by atoms with Gasteiger partial charge in [-0.3, -0.25) is 0 Å². The molecular weight excluding hydrogens is 534 g/mol. The van der Waals surface area contributed by atoms with Crippen molar-refractivity contribution in [3.05, 3.63) is 105 Å². The van der Waals surface area contributed by atoms with E-state index in [1.54, 1.807) is 4.68 Å². The van der Waals surface area contributed by atoms with Crippen molar-refractivity contribution in [3.63, 3.8) is 0 Å². The van der Waals surface area contributed by atoms with Gasteiger partial charge >= 0.3 is 0 Å². The van der Waals surface area contributed by atoms with Crippen molar-refractivity contribution in [1.29, 1.82) is 0 Å². The second-order valence-corrected chi connectivity index (χ2v) is 9.72. The molecule has 0 fully saturated rings. The predicted octanol–water partition coefficient (Wildman–Crippen LogP) is 6.83. The molecule has 6 rings (SSSR count). The Morgan fingerprint density at radius 1 is 0.917 bits per heavy atom. The maximum Gasteiger partial charge on any atom is 0.207 e. The smallest absolute Gasteiger partial charge is 0.207 e. The molecule has 3 heterocycles. The van der Waals surface area contributed by atoms with Crippen LogP contribution in [0.25, 0.3) is 27.6 Å². The summed E-state index contributed by atoms with van der Waals surface area (Å²) >= 11 is 9.10. The lowest BCUT2D eigenvalue weighted by Gasteiger charge is -2.10. The number of rotatable bonds is 5. The van der Waals surface area contributed by atoms with Crippen LogP contribution in [-0.2, 0) is 6.42 Å². The number of aromatic amines is 1. The molecule has 6 aromatic rings. The van der Waals surface area contributed by atoms with E-state index in [-0.39, 0.29) is 0 Å². The number of anilines is 2. The van der Waals surface area contributed by atoms with Crippen LogP contribution in [0.2, 0.25) is 0 Å². The third kappa shape index (κ3) is 4.16. The van der Waals surface area contributed by atoms with E-state index >= 15 is 0 Å². The molecule has 36 heavy (non-hydrogen) atoms. The first kappa shape index (κ1) is 22.5. The van der Waals surface area contributed by atoms with Crippen molar-refractivity contribution < 1.29 is 0 Å². The average Bonchev–Trinajstić information content (AvgIpc) is 3.22. The van der Waals surface area contributed by atoms with E-state index in [9.17, 15) is 0 Å². The Kier molecular flexibility index (Phi) is 5.79. The van der Waals surface area contributed by atoms with Crippen molar-refractivity contribution in [1.82, 2.24) is 29.9 Å². The number of hydrogen-bond acceptors (Lipinski definition) is 6. The molecule has 0 bridgehead atoms. The van der Waals surface area contributed by atoms with Crippen molar-refractivity contribution in [2.24, 2.45) is 0 Å². The minimum atomic E-state index is 0.463. The summed E-state index contributed by atoms with van der Waals surface area (Å²) in [5.74, 6) is 1.18. The second kappa shape index (κ2) is 9.25. The van der Waals surface area contributed by atoms with Gasteiger partial charge in [-0.05, 0) is 36.8 Å². The average molecular weight is 554 g/mol. The lowest BCUT2D eigenvalue weighted by Crippen LogP contribution is -2.07. The molecule has 0 amide bonds. The lowest BCUT2D eigenvalue weighted by atomic mass is 10.0. The van der Waals surface area contributed by atoms with E-state index in [2.05, 4.69) is 65.7 Å². The topological polar surface area (TPSA) is 84.3 Å². The summed E-state index contributed by atoms with van der Waals surface area (Å²) in [5.41, 5.74) is 4.48. The van der Waals surface area contributed by atoms with E-state index in [0.29, 0.717) is 28.5 Å². The molecule has 0 radical (unpaired) electrons. The Morgan fingerprint density at radius 2 is 1.64 bits per heavy atom. The van der Waals surface area contributed by atoms with E-state index in [1.165, 1.54) is 5.56 Å². The Balaban J connectivity index is 1.44. The van der Waals surface area contributed by atoms with Gasteiger partial charge in [0.15, 0.2) is 11.5 Å². The Bertz CT molecular complexity index is 1780. The summed E-state index contributed by atoms with van der Waals surface area (Å²) in [7, 11) is 0. The monoisotopic (exact) mass is 553 g/mol. The number of fused-ring (bicyclic) bond motifs is 2. The fraction of sp³-hybridized carbons (Fsp3) is 0.0741. The van der Waals surface area contributed by atoms with Gasteiger partial charge in [-0.25, -0.2) is 9.67 Å². The SMILES string of the molecule is Cc1c2c(=S)nc(Nc3ccc(Br)cc3)[nH]c2nn1-c1nnc(Cc2ccccc2)c2ccccc12. The zero-order valence-electron chi connectivity index (χ0n) is 19.2. The van der Waals surface area contributed by atoms with Crippen LogP contribution in [0.4, 0.5) is 11.6 Å². The molecule has 0 saturated carbocycles. The summed E-state index contributed by atoms with van der Waals surface area (Å²) in [6.07, 6.45) is 0.702. The molecule has 176 valence electrons. The summed E-state index contributed by atoms with van der Waals surface area (Å²) in [6, 6.07) is 26.3. The summed E-state index contributed by atoms with van der Waals surface area (Å²) < 4.78 is 3.26. The standard InChI is InChI=1S/C27H20BrN7S/c1-16-23-24(30-27(31-26(23)36)29-19-13-11-18(28)12-14-19)34-35(16)25-21-10-6-5-9-20(21)22(32-33-25)15-17-7-3-2-4-8-17/h2-14H,15H2,1H3,(H2,29,30,31,34,36). The molecular formula is C27H20BrN7S. The summed E-state index contributed by atoms with van der Waals surface area (Å²) in [6.45, 7) is 1.97. The van der Waals surface area contributed by atoms with Crippen LogP contribution in [-0.4, -0.2) is 29.9 Å². The molecule has 7 nitrogen and oxygen atoms in total. The largest absolute Gasteiger partial charge is 0.326 e. The van der Waals surface area contributed by atoms with E-state index in [4.69, 9.17) is 17.3 Å². The van der Waals surface area contributed by atoms with E-state index in [0.717, 1.165) is 37.7 Å². The maximum atomic E-state index is 5.65. The van der Waals surface area contributed by atoms with Crippen LogP contribution >= 0.6 is 28.1 Å². The van der Waals surface area contributed by atoms with Crippen molar-refractivity contribution in [2.45, 2.75) is 13.3 Å². The van der Waals surface area contributed by atoms with Gasteiger partial charge in [0.05, 0.1) is 16.8 Å². The van der Waals surface area contributed by atoms with Crippen LogP contribution < -0.4 is 5.32 Å². The highest BCUT2D eigenvalue weighted by Gasteiger charge is 2.18. The van der Waals surface area contributed by atoms with Crippen LogP contribution in [0.15, 0.2) is 83.3 Å². The van der Waals surface area contributed by atoms with Gasteiger partial charge in [-0.1, -0.05) is 82.7 Å². The third-order valence-corrected chi connectivity index (χ3v) is 6.87. The molecule has 0 aliphatic rings. The molecule has 3 aromatic carbocycles. The zero-order valence-corrected chi connectivity index (χ0v) is 21.6. The molecule has 0 aliphatic carbocycles. The summed E-state index contributed by atoms with van der Waals surface area (Å²) in [5, 5.41) is 20.1. The molecule has 0 unspecified atom stereocenters. The predicted molar refractivity (Wildman–Crippen MR) is 149 cm³/mol. The molecule has 0 spiro atoms. The van der Waals surface area contributed by atoms with Crippen molar-refractivity contribution in [3.8, 4) is 5.82 Å². The van der Waals surface area contributed by atoms with Crippen LogP contribution in [0.1, 0.15) is 17.0 Å². The van der Waals surface area contributed by atoms with Gasteiger partial charge in [0.1, 0.15) is 4.64 Å². The molecule has 3 aromatic heterocycles.